The number of aromatic amines is 1. The maximum atomic E-state index is 13.3. The van der Waals surface area contributed by atoms with Crippen molar-refractivity contribution in [2.75, 3.05) is 19.0 Å². The van der Waals surface area contributed by atoms with Gasteiger partial charge in [-0.15, -0.1) is 0 Å². The Bertz CT molecular complexity index is 1130. The van der Waals surface area contributed by atoms with Gasteiger partial charge < -0.3 is 10.1 Å². The van der Waals surface area contributed by atoms with Crippen molar-refractivity contribution < 1.29 is 27.1 Å². The summed E-state index contributed by atoms with van der Waals surface area (Å²) in [5.74, 6) is -1.26. The van der Waals surface area contributed by atoms with E-state index >= 15 is 0 Å². The molecular formula is C22H21F4N5O2. The van der Waals surface area contributed by atoms with E-state index in [2.05, 4.69) is 25.8 Å². The third-order valence-corrected chi connectivity index (χ3v) is 4.45. The molecule has 0 bridgehead atoms. The summed E-state index contributed by atoms with van der Waals surface area (Å²) < 4.78 is 58.1. The lowest BCUT2D eigenvalue weighted by Gasteiger charge is -2.15. The number of benzene rings is 2. The van der Waals surface area contributed by atoms with E-state index in [-0.39, 0.29) is 24.2 Å². The van der Waals surface area contributed by atoms with E-state index in [1.807, 2.05) is 0 Å². The molecule has 0 unspecified atom stereocenters. The van der Waals surface area contributed by atoms with Crippen LogP contribution in [-0.2, 0) is 10.9 Å². The lowest BCUT2D eigenvalue weighted by atomic mass is 10.1. The standard InChI is InChI=1S/C22H21F4N5O2/c1-13(12-33-2)27-21(29-20(32)16-5-3-4-6-17(16)22(24,25)26)28-19-11-18(30-31-19)14-7-9-15(23)10-8-14/h3-11,13H,12H2,1-2H3,(H3,27,28,29,30,31,32)/t13-/m0/s1. The molecule has 1 heterocycles. The van der Waals surface area contributed by atoms with Crippen molar-refractivity contribution in [2.24, 2.45) is 4.99 Å². The number of guanidine groups is 1. The Labute approximate surface area is 186 Å². The van der Waals surface area contributed by atoms with Gasteiger partial charge >= 0.3 is 6.18 Å². The molecule has 0 saturated carbocycles. The summed E-state index contributed by atoms with van der Waals surface area (Å²) in [4.78, 5) is 17.0. The molecule has 0 aliphatic heterocycles. The number of carbonyl (C=O) groups is 1. The summed E-state index contributed by atoms with van der Waals surface area (Å²) in [5, 5.41) is 12.0. The first-order chi connectivity index (χ1) is 15.7. The van der Waals surface area contributed by atoms with Crippen molar-refractivity contribution in [3.8, 4) is 11.3 Å². The van der Waals surface area contributed by atoms with Gasteiger partial charge in [-0.05, 0) is 48.9 Å². The Morgan fingerprint density at radius 1 is 1.18 bits per heavy atom. The highest BCUT2D eigenvalue weighted by atomic mass is 19.4. The second kappa shape index (κ2) is 10.3. The number of aromatic nitrogens is 2. The van der Waals surface area contributed by atoms with Gasteiger partial charge in [-0.25, -0.2) is 9.38 Å². The zero-order valence-corrected chi connectivity index (χ0v) is 17.7. The molecule has 2 aromatic carbocycles. The largest absolute Gasteiger partial charge is 0.417 e. The van der Waals surface area contributed by atoms with E-state index in [1.165, 1.54) is 31.4 Å². The number of nitrogens with one attached hydrogen (secondary N) is 3. The van der Waals surface area contributed by atoms with Gasteiger partial charge in [0.25, 0.3) is 5.91 Å². The quantitative estimate of drug-likeness (QED) is 0.286. The molecule has 0 aliphatic carbocycles. The highest BCUT2D eigenvalue weighted by Crippen LogP contribution is 2.31. The number of carbonyl (C=O) groups excluding carboxylic acids is 1. The second-order valence-corrected chi connectivity index (χ2v) is 7.08. The molecule has 3 aromatic rings. The fraction of sp³-hybridized carbons (Fsp3) is 0.227. The Morgan fingerprint density at radius 2 is 1.88 bits per heavy atom. The van der Waals surface area contributed by atoms with E-state index < -0.39 is 29.3 Å². The smallest absolute Gasteiger partial charge is 0.382 e. The molecule has 3 N–H and O–H groups in total. The van der Waals surface area contributed by atoms with Crippen molar-refractivity contribution in [3.05, 3.63) is 71.5 Å². The molecule has 0 radical (unpaired) electrons. The number of alkyl halides is 3. The minimum Gasteiger partial charge on any atom is -0.382 e. The molecule has 7 nitrogen and oxygen atoms in total. The lowest BCUT2D eigenvalue weighted by Crippen LogP contribution is -2.38. The molecular weight excluding hydrogens is 442 g/mol. The minimum absolute atomic E-state index is 0.112. The molecule has 33 heavy (non-hydrogen) atoms. The van der Waals surface area contributed by atoms with E-state index in [4.69, 9.17) is 4.74 Å². The number of H-pyrrole nitrogens is 1. The van der Waals surface area contributed by atoms with E-state index in [1.54, 1.807) is 25.1 Å². The molecule has 174 valence electrons. The molecule has 1 atom stereocenters. The van der Waals surface area contributed by atoms with Crippen LogP contribution in [0.4, 0.5) is 23.4 Å². The highest BCUT2D eigenvalue weighted by molar-refractivity contribution is 6.10. The first-order valence-corrected chi connectivity index (χ1v) is 9.80. The fourth-order valence-electron chi connectivity index (χ4n) is 2.98. The van der Waals surface area contributed by atoms with E-state index in [0.29, 0.717) is 11.3 Å². The number of halogens is 4. The van der Waals surface area contributed by atoms with Crippen molar-refractivity contribution >= 4 is 17.7 Å². The molecule has 0 fully saturated rings. The molecule has 0 spiro atoms. The van der Waals surface area contributed by atoms with Gasteiger partial charge in [0.1, 0.15) is 5.82 Å². The van der Waals surface area contributed by atoms with Crippen molar-refractivity contribution in [1.82, 2.24) is 15.5 Å². The van der Waals surface area contributed by atoms with Crippen LogP contribution in [-0.4, -0.2) is 41.8 Å². The van der Waals surface area contributed by atoms with Gasteiger partial charge in [-0.3, -0.25) is 15.2 Å². The van der Waals surface area contributed by atoms with E-state index in [9.17, 15) is 22.4 Å². The van der Waals surface area contributed by atoms with Crippen LogP contribution < -0.4 is 10.6 Å². The maximum absolute atomic E-state index is 13.3. The first-order valence-electron chi connectivity index (χ1n) is 9.80. The molecule has 1 aromatic heterocycles. The molecule has 0 aliphatic rings. The number of aliphatic imine (C=N–C) groups is 1. The Kier molecular flexibility index (Phi) is 7.44. The van der Waals surface area contributed by atoms with Crippen molar-refractivity contribution in [2.45, 2.75) is 19.1 Å². The molecule has 3 rings (SSSR count). The van der Waals surface area contributed by atoms with Gasteiger partial charge in [0, 0.05) is 13.2 Å². The van der Waals surface area contributed by atoms with Crippen molar-refractivity contribution in [1.29, 1.82) is 0 Å². The number of nitrogens with zero attached hydrogens (tertiary/aromatic N) is 2. The summed E-state index contributed by atoms with van der Waals surface area (Å²) in [5.41, 5.74) is -0.403. The average Bonchev–Trinajstić information content (AvgIpc) is 3.22. The number of hydrogen-bond donors (Lipinski definition) is 3. The number of methoxy groups -OCH3 is 1. The molecule has 11 heteroatoms. The zero-order valence-electron chi connectivity index (χ0n) is 17.7. The van der Waals surface area contributed by atoms with Gasteiger partial charge in [-0.2, -0.15) is 18.3 Å². The monoisotopic (exact) mass is 463 g/mol. The first kappa shape index (κ1) is 23.9. The normalized spacial score (nSPS) is 13.0. The number of anilines is 1. The van der Waals surface area contributed by atoms with Crippen LogP contribution in [0.15, 0.2) is 59.6 Å². The van der Waals surface area contributed by atoms with E-state index in [0.717, 1.165) is 12.1 Å². The van der Waals surface area contributed by atoms with Gasteiger partial charge in [0.15, 0.2) is 5.82 Å². The number of hydrogen-bond acceptors (Lipinski definition) is 4. The Balaban J connectivity index is 1.85. The highest BCUT2D eigenvalue weighted by Gasteiger charge is 2.35. The lowest BCUT2D eigenvalue weighted by molar-refractivity contribution is -0.137. The van der Waals surface area contributed by atoms with Crippen LogP contribution in [0.25, 0.3) is 11.3 Å². The van der Waals surface area contributed by atoms with Gasteiger partial charge in [-0.1, -0.05) is 12.1 Å². The fourth-order valence-corrected chi connectivity index (χ4v) is 2.98. The summed E-state index contributed by atoms with van der Waals surface area (Å²) >= 11 is 0. The maximum Gasteiger partial charge on any atom is 0.417 e. The number of rotatable bonds is 6. The van der Waals surface area contributed by atoms with Crippen LogP contribution in [0.1, 0.15) is 22.8 Å². The Morgan fingerprint density at radius 3 is 2.55 bits per heavy atom. The van der Waals surface area contributed by atoms with Gasteiger partial charge in [0.2, 0.25) is 5.96 Å². The van der Waals surface area contributed by atoms with Crippen LogP contribution >= 0.6 is 0 Å². The SMILES string of the molecule is COC[C@H](C)N=C(NC(=O)c1ccccc1C(F)(F)F)Nc1cc(-c2ccc(F)cc2)[nH]n1. The van der Waals surface area contributed by atoms with Crippen LogP contribution in [0.5, 0.6) is 0 Å². The predicted octanol–water partition coefficient (Wildman–Crippen LogP) is 4.47. The summed E-state index contributed by atoms with van der Waals surface area (Å²) in [7, 11) is 1.47. The summed E-state index contributed by atoms with van der Waals surface area (Å²) in [6.07, 6.45) is -4.70. The third-order valence-electron chi connectivity index (χ3n) is 4.45. The minimum atomic E-state index is -4.70. The predicted molar refractivity (Wildman–Crippen MR) is 115 cm³/mol. The zero-order chi connectivity index (χ0) is 24.0. The average molecular weight is 463 g/mol. The van der Waals surface area contributed by atoms with Crippen LogP contribution in [0, 0.1) is 5.82 Å². The number of amides is 1. The Hall–Kier alpha value is -3.73. The van der Waals surface area contributed by atoms with Gasteiger partial charge in [0.05, 0.1) is 29.5 Å². The summed E-state index contributed by atoms with van der Waals surface area (Å²) in [6.45, 7) is 1.91. The van der Waals surface area contributed by atoms with Crippen LogP contribution in [0.2, 0.25) is 0 Å². The molecule has 0 saturated heterocycles. The van der Waals surface area contributed by atoms with Crippen LogP contribution in [0.3, 0.4) is 0 Å². The third kappa shape index (κ3) is 6.39. The van der Waals surface area contributed by atoms with Crippen molar-refractivity contribution in [3.63, 3.8) is 0 Å². The second-order valence-electron chi connectivity index (χ2n) is 7.08. The number of ether oxygens (including phenoxy) is 1. The topological polar surface area (TPSA) is 91.4 Å². The summed E-state index contributed by atoms with van der Waals surface area (Å²) in [6, 6.07) is 11.3. The molecule has 1 amide bonds.